The molecule has 2 saturated heterocycles. The van der Waals surface area contributed by atoms with Crippen LogP contribution in [0.5, 0.6) is 0 Å². The van der Waals surface area contributed by atoms with Crippen LogP contribution < -0.4 is 11.1 Å². The van der Waals surface area contributed by atoms with E-state index >= 15 is 0 Å². The van der Waals surface area contributed by atoms with Crippen LogP contribution >= 0.6 is 0 Å². The molecule has 0 aliphatic carbocycles. The number of rotatable bonds is 3. The van der Waals surface area contributed by atoms with Crippen LogP contribution in [-0.2, 0) is 4.74 Å². The Kier molecular flexibility index (Phi) is 4.45. The van der Waals surface area contributed by atoms with Gasteiger partial charge in [0.2, 0.25) is 0 Å². The molecule has 104 valence electrons. The molecule has 2 aliphatic heterocycles. The second-order valence-electron chi connectivity index (χ2n) is 5.90. The van der Waals surface area contributed by atoms with Gasteiger partial charge in [-0.05, 0) is 31.1 Å². The fourth-order valence-corrected chi connectivity index (χ4v) is 2.74. The second-order valence-corrected chi connectivity index (χ2v) is 5.90. The first-order valence-corrected chi connectivity index (χ1v) is 6.95. The normalized spacial score (nSPS) is 25.1. The standard InChI is InChI=1S/C13H25N3O2/c1-13(4-8-18-9-5-13)10-15-11-2-6-16(7-3-11)12(14)17/h11,15H,2-10H2,1H3,(H2,14,17). The number of hydrogen-bond acceptors (Lipinski definition) is 3. The third-order valence-corrected chi connectivity index (χ3v) is 4.32. The smallest absolute Gasteiger partial charge is 0.314 e. The van der Waals surface area contributed by atoms with Crippen LogP contribution in [0.4, 0.5) is 4.79 Å². The summed E-state index contributed by atoms with van der Waals surface area (Å²) in [5.41, 5.74) is 5.65. The Balaban J connectivity index is 1.70. The second kappa shape index (κ2) is 5.89. The van der Waals surface area contributed by atoms with Gasteiger partial charge in [-0.25, -0.2) is 4.79 Å². The van der Waals surface area contributed by atoms with Crippen molar-refractivity contribution in [2.24, 2.45) is 11.1 Å². The number of primary amides is 1. The van der Waals surface area contributed by atoms with Crippen molar-refractivity contribution in [3.8, 4) is 0 Å². The number of nitrogens with two attached hydrogens (primary N) is 1. The van der Waals surface area contributed by atoms with Gasteiger partial charge < -0.3 is 20.7 Å². The first-order chi connectivity index (χ1) is 8.59. The van der Waals surface area contributed by atoms with E-state index in [2.05, 4.69) is 12.2 Å². The molecule has 5 nitrogen and oxygen atoms in total. The quantitative estimate of drug-likeness (QED) is 0.788. The van der Waals surface area contributed by atoms with Gasteiger partial charge in [0.05, 0.1) is 0 Å². The molecular weight excluding hydrogens is 230 g/mol. The zero-order chi connectivity index (χ0) is 13.0. The van der Waals surface area contributed by atoms with E-state index in [1.165, 1.54) is 0 Å². The number of carbonyl (C=O) groups excluding carboxylic acids is 1. The molecule has 2 aliphatic rings. The first kappa shape index (κ1) is 13.6. The van der Waals surface area contributed by atoms with E-state index in [1.54, 1.807) is 4.90 Å². The number of carbonyl (C=O) groups is 1. The maximum atomic E-state index is 11.0. The highest BCUT2D eigenvalue weighted by Gasteiger charge is 2.29. The summed E-state index contributed by atoms with van der Waals surface area (Å²) in [4.78, 5) is 12.8. The highest BCUT2D eigenvalue weighted by molar-refractivity contribution is 5.72. The molecule has 2 amide bonds. The van der Waals surface area contributed by atoms with Crippen molar-refractivity contribution < 1.29 is 9.53 Å². The van der Waals surface area contributed by atoms with E-state index in [-0.39, 0.29) is 6.03 Å². The lowest BCUT2D eigenvalue weighted by Gasteiger charge is -2.37. The van der Waals surface area contributed by atoms with E-state index in [4.69, 9.17) is 10.5 Å². The van der Waals surface area contributed by atoms with Crippen LogP contribution in [0, 0.1) is 5.41 Å². The lowest BCUT2D eigenvalue weighted by molar-refractivity contribution is 0.0219. The number of nitrogens with zero attached hydrogens (tertiary/aromatic N) is 1. The summed E-state index contributed by atoms with van der Waals surface area (Å²) >= 11 is 0. The van der Waals surface area contributed by atoms with Gasteiger partial charge in [0.25, 0.3) is 0 Å². The molecule has 3 N–H and O–H groups in total. The predicted molar refractivity (Wildman–Crippen MR) is 70.3 cm³/mol. The molecule has 0 atom stereocenters. The Labute approximate surface area is 109 Å². The molecule has 2 fully saturated rings. The summed E-state index contributed by atoms with van der Waals surface area (Å²) in [6.45, 7) is 6.73. The van der Waals surface area contributed by atoms with Crippen molar-refractivity contribution in [1.82, 2.24) is 10.2 Å². The van der Waals surface area contributed by atoms with Gasteiger partial charge >= 0.3 is 6.03 Å². The summed E-state index contributed by atoms with van der Waals surface area (Å²) in [5, 5.41) is 3.66. The lowest BCUT2D eigenvalue weighted by Crippen LogP contribution is -2.49. The summed E-state index contributed by atoms with van der Waals surface area (Å²) in [5.74, 6) is 0. The van der Waals surface area contributed by atoms with Gasteiger partial charge in [-0.2, -0.15) is 0 Å². The van der Waals surface area contributed by atoms with E-state index in [0.29, 0.717) is 11.5 Å². The minimum Gasteiger partial charge on any atom is -0.381 e. The molecule has 5 heteroatoms. The van der Waals surface area contributed by atoms with Crippen LogP contribution in [0.1, 0.15) is 32.6 Å². The van der Waals surface area contributed by atoms with Crippen LogP contribution in [0.3, 0.4) is 0 Å². The first-order valence-electron chi connectivity index (χ1n) is 6.95. The average molecular weight is 255 g/mol. The summed E-state index contributed by atoms with van der Waals surface area (Å²) < 4.78 is 5.41. The molecule has 0 aromatic heterocycles. The molecule has 0 radical (unpaired) electrons. The van der Waals surface area contributed by atoms with E-state index < -0.39 is 0 Å². The number of nitrogens with one attached hydrogen (secondary N) is 1. The summed E-state index contributed by atoms with van der Waals surface area (Å²) in [6.07, 6.45) is 4.30. The number of urea groups is 1. The van der Waals surface area contributed by atoms with E-state index in [9.17, 15) is 4.79 Å². The Hall–Kier alpha value is -0.810. The van der Waals surface area contributed by atoms with Gasteiger partial charge in [-0.15, -0.1) is 0 Å². The number of piperidine rings is 1. The maximum absolute atomic E-state index is 11.0. The molecule has 0 spiro atoms. The average Bonchev–Trinajstić information content (AvgIpc) is 2.38. The Morgan fingerprint density at radius 2 is 2.00 bits per heavy atom. The molecule has 0 saturated carbocycles. The molecule has 2 heterocycles. The van der Waals surface area contributed by atoms with Gasteiger partial charge in [0.1, 0.15) is 0 Å². The fourth-order valence-electron chi connectivity index (χ4n) is 2.74. The third-order valence-electron chi connectivity index (χ3n) is 4.32. The van der Waals surface area contributed by atoms with Crippen LogP contribution in [-0.4, -0.2) is 49.8 Å². The number of likely N-dealkylation sites (tertiary alicyclic amines) is 1. The fraction of sp³-hybridized carbons (Fsp3) is 0.923. The zero-order valence-corrected chi connectivity index (χ0v) is 11.3. The number of amides is 2. The van der Waals surface area contributed by atoms with Crippen molar-refractivity contribution in [3.63, 3.8) is 0 Å². The number of hydrogen-bond donors (Lipinski definition) is 2. The van der Waals surface area contributed by atoms with Gasteiger partial charge in [-0.1, -0.05) is 6.92 Å². The summed E-state index contributed by atoms with van der Waals surface area (Å²) in [7, 11) is 0. The van der Waals surface area contributed by atoms with Gasteiger partial charge in [0.15, 0.2) is 0 Å². The van der Waals surface area contributed by atoms with Gasteiger partial charge in [0, 0.05) is 38.9 Å². The van der Waals surface area contributed by atoms with Crippen molar-refractivity contribution in [1.29, 1.82) is 0 Å². The molecule has 0 aromatic rings. The minimum absolute atomic E-state index is 0.287. The maximum Gasteiger partial charge on any atom is 0.314 e. The van der Waals surface area contributed by atoms with Crippen molar-refractivity contribution in [3.05, 3.63) is 0 Å². The molecule has 2 rings (SSSR count). The van der Waals surface area contributed by atoms with E-state index in [0.717, 1.165) is 58.5 Å². The van der Waals surface area contributed by atoms with E-state index in [1.807, 2.05) is 0 Å². The highest BCUT2D eigenvalue weighted by Crippen LogP contribution is 2.29. The van der Waals surface area contributed by atoms with Crippen molar-refractivity contribution in [2.75, 3.05) is 32.8 Å². The van der Waals surface area contributed by atoms with Crippen molar-refractivity contribution >= 4 is 6.03 Å². The Bertz CT molecular complexity index is 282. The molecular formula is C13H25N3O2. The highest BCUT2D eigenvalue weighted by atomic mass is 16.5. The third kappa shape index (κ3) is 3.59. The zero-order valence-electron chi connectivity index (χ0n) is 11.3. The Morgan fingerprint density at radius 1 is 1.39 bits per heavy atom. The van der Waals surface area contributed by atoms with Crippen LogP contribution in [0.15, 0.2) is 0 Å². The Morgan fingerprint density at radius 3 is 2.56 bits per heavy atom. The molecule has 0 unspecified atom stereocenters. The number of ether oxygens (including phenoxy) is 1. The summed E-state index contributed by atoms with van der Waals surface area (Å²) in [6, 6.07) is 0.241. The molecule has 18 heavy (non-hydrogen) atoms. The lowest BCUT2D eigenvalue weighted by atomic mass is 9.82. The molecule has 0 bridgehead atoms. The van der Waals surface area contributed by atoms with Crippen LogP contribution in [0.2, 0.25) is 0 Å². The topological polar surface area (TPSA) is 67.6 Å². The van der Waals surface area contributed by atoms with Gasteiger partial charge in [-0.3, -0.25) is 0 Å². The van der Waals surface area contributed by atoms with Crippen LogP contribution in [0.25, 0.3) is 0 Å². The van der Waals surface area contributed by atoms with Crippen molar-refractivity contribution in [2.45, 2.75) is 38.6 Å². The SMILES string of the molecule is CC1(CNC2CCN(C(N)=O)CC2)CCOCC1. The monoisotopic (exact) mass is 255 g/mol. The molecule has 0 aromatic carbocycles. The largest absolute Gasteiger partial charge is 0.381 e. The minimum atomic E-state index is -0.287. The predicted octanol–water partition coefficient (Wildman–Crippen LogP) is 0.936.